The Hall–Kier alpha value is -3.90. The molecule has 30 heavy (non-hydrogen) atoms. The lowest BCUT2D eigenvalue weighted by molar-refractivity contribution is 0.383. The summed E-state index contributed by atoms with van der Waals surface area (Å²) in [5.74, 6) is 0.191. The van der Waals surface area contributed by atoms with E-state index in [-0.39, 0.29) is 11.5 Å². The van der Waals surface area contributed by atoms with E-state index in [1.807, 2.05) is 78.8 Å². The predicted molar refractivity (Wildman–Crippen MR) is 118 cm³/mol. The third-order valence-electron chi connectivity index (χ3n) is 4.62. The van der Waals surface area contributed by atoms with Crippen LogP contribution in [0, 0.1) is 0 Å². The molecule has 0 aliphatic heterocycles. The van der Waals surface area contributed by atoms with E-state index in [0.29, 0.717) is 12.5 Å². The Bertz CT molecular complexity index is 1080. The number of anilines is 1. The highest BCUT2D eigenvalue weighted by molar-refractivity contribution is 5.69. The SMILES string of the molecule is CN(Cc1ccc(O)c(O)c1)Nc1nc(-c2ccccc2)cc(-c2ccccc2)n1. The summed E-state index contributed by atoms with van der Waals surface area (Å²) in [6.45, 7) is 0.480. The van der Waals surface area contributed by atoms with Crippen LogP contribution in [-0.2, 0) is 6.54 Å². The average molecular weight is 398 g/mol. The molecule has 0 radical (unpaired) electrons. The number of rotatable bonds is 6. The molecule has 1 aromatic heterocycles. The van der Waals surface area contributed by atoms with Crippen LogP contribution in [0.3, 0.4) is 0 Å². The van der Waals surface area contributed by atoms with E-state index in [1.165, 1.54) is 12.1 Å². The second-order valence-corrected chi connectivity index (χ2v) is 6.99. The summed E-state index contributed by atoms with van der Waals surface area (Å²) >= 11 is 0. The molecule has 4 aromatic rings. The topological polar surface area (TPSA) is 81.5 Å². The number of phenols is 2. The molecular weight excluding hydrogens is 376 g/mol. The third-order valence-corrected chi connectivity index (χ3v) is 4.62. The smallest absolute Gasteiger partial charge is 0.238 e. The van der Waals surface area contributed by atoms with E-state index in [9.17, 15) is 10.2 Å². The molecule has 3 aromatic carbocycles. The van der Waals surface area contributed by atoms with Crippen molar-refractivity contribution in [2.45, 2.75) is 6.54 Å². The Morgan fingerprint density at radius 1 is 0.733 bits per heavy atom. The van der Waals surface area contributed by atoms with Crippen molar-refractivity contribution in [3.05, 3.63) is 90.5 Å². The number of nitrogens with zero attached hydrogens (tertiary/aromatic N) is 3. The standard InChI is InChI=1S/C24H22N4O2/c1-28(16-17-12-13-22(29)23(30)14-17)27-24-25-20(18-8-4-2-5-9-18)15-21(26-24)19-10-6-3-7-11-19/h2-15,29-30H,16H2,1H3,(H,25,26,27). The number of hydrogen-bond donors (Lipinski definition) is 3. The molecular formula is C24H22N4O2. The van der Waals surface area contributed by atoms with Gasteiger partial charge in [-0.05, 0) is 23.8 Å². The Labute approximate surface area is 175 Å². The highest BCUT2D eigenvalue weighted by Gasteiger charge is 2.11. The third kappa shape index (κ3) is 4.56. The molecule has 1 heterocycles. The highest BCUT2D eigenvalue weighted by atomic mass is 16.3. The largest absolute Gasteiger partial charge is 0.504 e. The summed E-state index contributed by atoms with van der Waals surface area (Å²) in [5, 5.41) is 21.0. The number of hydrogen-bond acceptors (Lipinski definition) is 6. The van der Waals surface area contributed by atoms with Crippen LogP contribution in [0.4, 0.5) is 5.95 Å². The second kappa shape index (κ2) is 8.63. The van der Waals surface area contributed by atoms with Gasteiger partial charge in [-0.1, -0.05) is 66.7 Å². The van der Waals surface area contributed by atoms with Gasteiger partial charge < -0.3 is 10.2 Å². The molecule has 0 aliphatic carbocycles. The molecule has 6 nitrogen and oxygen atoms in total. The number of benzene rings is 3. The molecule has 150 valence electrons. The molecule has 4 rings (SSSR count). The lowest BCUT2D eigenvalue weighted by atomic mass is 10.1. The molecule has 0 saturated heterocycles. The normalized spacial score (nSPS) is 10.9. The van der Waals surface area contributed by atoms with E-state index in [0.717, 1.165) is 28.1 Å². The monoisotopic (exact) mass is 398 g/mol. The zero-order valence-corrected chi connectivity index (χ0v) is 16.5. The van der Waals surface area contributed by atoms with Gasteiger partial charge in [0.2, 0.25) is 5.95 Å². The fourth-order valence-corrected chi connectivity index (χ4v) is 3.16. The van der Waals surface area contributed by atoms with Gasteiger partial charge in [0.15, 0.2) is 11.5 Å². The van der Waals surface area contributed by atoms with Crippen LogP contribution in [0.2, 0.25) is 0 Å². The van der Waals surface area contributed by atoms with Crippen LogP contribution in [0.15, 0.2) is 84.9 Å². The van der Waals surface area contributed by atoms with Crippen LogP contribution in [0.25, 0.3) is 22.5 Å². The van der Waals surface area contributed by atoms with Crippen LogP contribution >= 0.6 is 0 Å². The van der Waals surface area contributed by atoms with E-state index in [4.69, 9.17) is 0 Å². The average Bonchev–Trinajstić information content (AvgIpc) is 2.77. The predicted octanol–water partition coefficient (Wildman–Crippen LogP) is 4.68. The minimum atomic E-state index is -0.144. The van der Waals surface area contributed by atoms with Crippen LogP contribution in [0.5, 0.6) is 11.5 Å². The van der Waals surface area contributed by atoms with Gasteiger partial charge in [0.1, 0.15) is 0 Å². The van der Waals surface area contributed by atoms with Crippen molar-refractivity contribution in [1.29, 1.82) is 0 Å². The van der Waals surface area contributed by atoms with Crippen molar-refractivity contribution in [1.82, 2.24) is 15.0 Å². The van der Waals surface area contributed by atoms with E-state index in [2.05, 4.69) is 15.4 Å². The van der Waals surface area contributed by atoms with Crippen LogP contribution in [-0.4, -0.2) is 32.2 Å². The number of aromatic nitrogens is 2. The summed E-state index contributed by atoms with van der Waals surface area (Å²) < 4.78 is 0. The highest BCUT2D eigenvalue weighted by Crippen LogP contribution is 2.27. The fourth-order valence-electron chi connectivity index (χ4n) is 3.16. The molecule has 0 amide bonds. The number of nitrogens with one attached hydrogen (secondary N) is 1. The quantitative estimate of drug-likeness (QED) is 0.323. The van der Waals surface area contributed by atoms with Crippen molar-refractivity contribution in [2.24, 2.45) is 0 Å². The van der Waals surface area contributed by atoms with E-state index >= 15 is 0 Å². The summed E-state index contributed by atoms with van der Waals surface area (Å²) in [6, 6.07) is 26.7. The summed E-state index contributed by atoms with van der Waals surface area (Å²) in [5.41, 5.74) is 7.70. The minimum absolute atomic E-state index is 0.138. The molecule has 0 unspecified atom stereocenters. The lowest BCUT2D eigenvalue weighted by Crippen LogP contribution is -2.26. The zero-order chi connectivity index (χ0) is 20.9. The maximum atomic E-state index is 9.71. The van der Waals surface area contributed by atoms with Crippen molar-refractivity contribution < 1.29 is 10.2 Å². The Morgan fingerprint density at radius 3 is 1.83 bits per heavy atom. The van der Waals surface area contributed by atoms with Gasteiger partial charge in [0.05, 0.1) is 11.4 Å². The minimum Gasteiger partial charge on any atom is -0.504 e. The van der Waals surface area contributed by atoms with Gasteiger partial charge >= 0.3 is 0 Å². The maximum absolute atomic E-state index is 9.71. The van der Waals surface area contributed by atoms with E-state index < -0.39 is 0 Å². The lowest BCUT2D eigenvalue weighted by Gasteiger charge is -2.19. The number of aromatic hydroxyl groups is 2. The Balaban J connectivity index is 1.63. The number of hydrazine groups is 1. The van der Waals surface area contributed by atoms with Crippen LogP contribution in [0.1, 0.15) is 5.56 Å². The first-order valence-electron chi connectivity index (χ1n) is 9.57. The van der Waals surface area contributed by atoms with Gasteiger partial charge in [0, 0.05) is 24.7 Å². The molecule has 0 atom stereocenters. The maximum Gasteiger partial charge on any atom is 0.238 e. The van der Waals surface area contributed by atoms with Gasteiger partial charge in [-0.25, -0.2) is 15.0 Å². The van der Waals surface area contributed by atoms with Gasteiger partial charge in [-0.15, -0.1) is 0 Å². The van der Waals surface area contributed by atoms with E-state index in [1.54, 1.807) is 6.07 Å². The molecule has 3 N–H and O–H groups in total. The van der Waals surface area contributed by atoms with Crippen LogP contribution < -0.4 is 5.43 Å². The molecule has 0 bridgehead atoms. The van der Waals surface area contributed by atoms with Gasteiger partial charge in [-0.3, -0.25) is 5.43 Å². The summed E-state index contributed by atoms with van der Waals surface area (Å²) in [4.78, 5) is 9.38. The molecule has 0 spiro atoms. The van der Waals surface area contributed by atoms with Gasteiger partial charge in [0.25, 0.3) is 0 Å². The first-order chi connectivity index (χ1) is 14.6. The molecule has 0 saturated carbocycles. The first kappa shape index (κ1) is 19.4. The van der Waals surface area contributed by atoms with Crippen molar-refractivity contribution in [3.63, 3.8) is 0 Å². The Morgan fingerprint density at radius 2 is 1.30 bits per heavy atom. The van der Waals surface area contributed by atoms with Gasteiger partial charge in [-0.2, -0.15) is 0 Å². The number of phenolic OH excluding ortho intramolecular Hbond substituents is 2. The first-order valence-corrected chi connectivity index (χ1v) is 9.57. The zero-order valence-electron chi connectivity index (χ0n) is 16.5. The molecule has 6 heteroatoms. The van der Waals surface area contributed by atoms with Crippen molar-refractivity contribution in [3.8, 4) is 34.0 Å². The Kier molecular flexibility index (Phi) is 5.59. The summed E-state index contributed by atoms with van der Waals surface area (Å²) in [6.07, 6.45) is 0. The molecule has 0 fully saturated rings. The van der Waals surface area contributed by atoms with Crippen molar-refractivity contribution >= 4 is 5.95 Å². The summed E-state index contributed by atoms with van der Waals surface area (Å²) in [7, 11) is 1.87. The molecule has 0 aliphatic rings. The fraction of sp³-hybridized carbons (Fsp3) is 0.0833. The second-order valence-electron chi connectivity index (χ2n) is 6.99. The van der Waals surface area contributed by atoms with Crippen molar-refractivity contribution in [2.75, 3.05) is 12.5 Å².